The van der Waals surface area contributed by atoms with Crippen LogP contribution in [0.15, 0.2) is 0 Å². The fourth-order valence-corrected chi connectivity index (χ4v) is 2.33. The van der Waals surface area contributed by atoms with E-state index >= 15 is 0 Å². The molecule has 0 atom stereocenters. The summed E-state index contributed by atoms with van der Waals surface area (Å²) in [5, 5.41) is 8.61. The highest BCUT2D eigenvalue weighted by Gasteiger charge is 2.20. The Hall–Kier alpha value is -1.14. The van der Waals surface area contributed by atoms with Crippen molar-refractivity contribution >= 4 is 11.8 Å². The molecule has 0 aromatic carbocycles. The molecule has 0 aromatic rings. The Balaban J connectivity index is 2.00. The van der Waals surface area contributed by atoms with Gasteiger partial charge in [-0.25, -0.2) is 0 Å². The van der Waals surface area contributed by atoms with Crippen LogP contribution in [0.25, 0.3) is 0 Å². The first kappa shape index (κ1) is 16.9. The maximum atomic E-state index is 11.8. The van der Waals surface area contributed by atoms with Crippen LogP contribution in [-0.2, 0) is 14.3 Å². The van der Waals surface area contributed by atoms with Gasteiger partial charge >= 0.3 is 0 Å². The third-order valence-electron chi connectivity index (χ3n) is 3.51. The van der Waals surface area contributed by atoms with E-state index in [0.29, 0.717) is 19.7 Å². The monoisotopic (exact) mass is 285 g/mol. The third-order valence-corrected chi connectivity index (χ3v) is 3.51. The van der Waals surface area contributed by atoms with Crippen LogP contribution in [0.5, 0.6) is 0 Å². The summed E-state index contributed by atoms with van der Waals surface area (Å²) < 4.78 is 4.89. The summed E-state index contributed by atoms with van der Waals surface area (Å²) in [5.74, 6) is -0.00645. The molecule has 6 nitrogen and oxygen atoms in total. The molecule has 0 heterocycles. The highest BCUT2D eigenvalue weighted by molar-refractivity contribution is 5.85. The number of hydrogen-bond acceptors (Lipinski definition) is 4. The number of nitrogens with one attached hydrogen (secondary N) is 3. The molecule has 2 amide bonds. The van der Waals surface area contributed by atoms with E-state index in [4.69, 9.17) is 4.74 Å². The molecule has 0 radical (unpaired) electrons. The minimum atomic E-state index is -0.136. The standard InChI is InChI=1S/C14H27N3O3/c1-20-10-9-15-7-8-16-13(18)11-17-14(19)12-5-3-2-4-6-12/h12,15H,2-11H2,1H3,(H,16,18)(H,17,19). The van der Waals surface area contributed by atoms with Crippen LogP contribution in [0.2, 0.25) is 0 Å². The summed E-state index contributed by atoms with van der Waals surface area (Å²) in [6.45, 7) is 2.76. The zero-order valence-corrected chi connectivity index (χ0v) is 12.4. The predicted octanol–water partition coefficient (Wildman–Crippen LogP) is 0.0351. The van der Waals surface area contributed by atoms with Gasteiger partial charge in [0.2, 0.25) is 11.8 Å². The van der Waals surface area contributed by atoms with E-state index in [0.717, 1.165) is 32.2 Å². The van der Waals surface area contributed by atoms with Crippen molar-refractivity contribution < 1.29 is 14.3 Å². The fourth-order valence-electron chi connectivity index (χ4n) is 2.33. The number of methoxy groups -OCH3 is 1. The summed E-state index contributed by atoms with van der Waals surface area (Å²) in [5.41, 5.74) is 0. The molecule has 3 N–H and O–H groups in total. The van der Waals surface area contributed by atoms with Crippen LogP contribution in [0.3, 0.4) is 0 Å². The van der Waals surface area contributed by atoms with E-state index in [9.17, 15) is 9.59 Å². The topological polar surface area (TPSA) is 79.5 Å². The molecule has 20 heavy (non-hydrogen) atoms. The summed E-state index contributed by atoms with van der Waals surface area (Å²) in [6.07, 6.45) is 5.38. The molecule has 1 rings (SSSR count). The van der Waals surface area contributed by atoms with Crippen LogP contribution >= 0.6 is 0 Å². The molecule has 0 bridgehead atoms. The number of carbonyl (C=O) groups excluding carboxylic acids is 2. The number of carbonyl (C=O) groups is 2. The van der Waals surface area contributed by atoms with Crippen molar-refractivity contribution in [2.75, 3.05) is 39.9 Å². The third kappa shape index (κ3) is 7.45. The van der Waals surface area contributed by atoms with Crippen LogP contribution in [-0.4, -0.2) is 51.7 Å². The second-order valence-electron chi connectivity index (χ2n) is 5.15. The molecule has 0 spiro atoms. The second kappa shape index (κ2) is 10.6. The molecule has 1 aliphatic carbocycles. The number of amides is 2. The zero-order valence-electron chi connectivity index (χ0n) is 12.4. The van der Waals surface area contributed by atoms with Crippen molar-refractivity contribution in [3.8, 4) is 0 Å². The average Bonchev–Trinajstić information content (AvgIpc) is 2.49. The van der Waals surface area contributed by atoms with Gasteiger partial charge in [-0.05, 0) is 12.8 Å². The summed E-state index contributed by atoms with van der Waals surface area (Å²) >= 11 is 0. The van der Waals surface area contributed by atoms with Gasteiger partial charge in [0, 0.05) is 32.7 Å². The minimum absolute atomic E-state index is 0.0260. The van der Waals surface area contributed by atoms with Gasteiger partial charge < -0.3 is 20.7 Å². The Morgan fingerprint density at radius 1 is 1.05 bits per heavy atom. The molecule has 0 aliphatic heterocycles. The minimum Gasteiger partial charge on any atom is -0.383 e. The molecular formula is C14H27N3O3. The van der Waals surface area contributed by atoms with E-state index in [-0.39, 0.29) is 24.3 Å². The van der Waals surface area contributed by atoms with Crippen LogP contribution in [0, 0.1) is 5.92 Å². The first-order valence-corrected chi connectivity index (χ1v) is 7.48. The van der Waals surface area contributed by atoms with Gasteiger partial charge in [-0.2, -0.15) is 0 Å². The van der Waals surface area contributed by atoms with Crippen molar-refractivity contribution in [3.63, 3.8) is 0 Å². The number of rotatable bonds is 9. The van der Waals surface area contributed by atoms with Gasteiger partial charge in [0.05, 0.1) is 13.2 Å². The number of ether oxygens (including phenoxy) is 1. The van der Waals surface area contributed by atoms with Crippen LogP contribution in [0.1, 0.15) is 32.1 Å². The van der Waals surface area contributed by atoms with Crippen molar-refractivity contribution in [2.45, 2.75) is 32.1 Å². The van der Waals surface area contributed by atoms with Crippen LogP contribution < -0.4 is 16.0 Å². The Morgan fingerprint density at radius 2 is 1.80 bits per heavy atom. The van der Waals surface area contributed by atoms with Crippen molar-refractivity contribution in [1.82, 2.24) is 16.0 Å². The van der Waals surface area contributed by atoms with Crippen molar-refractivity contribution in [3.05, 3.63) is 0 Å². The van der Waals surface area contributed by atoms with E-state index in [1.54, 1.807) is 7.11 Å². The molecule has 0 aromatic heterocycles. The van der Waals surface area contributed by atoms with E-state index < -0.39 is 0 Å². The summed E-state index contributed by atoms with van der Waals surface area (Å²) in [4.78, 5) is 23.4. The van der Waals surface area contributed by atoms with Gasteiger partial charge in [-0.3, -0.25) is 9.59 Å². The first-order valence-electron chi connectivity index (χ1n) is 7.48. The lowest BCUT2D eigenvalue weighted by molar-refractivity contribution is -0.129. The van der Waals surface area contributed by atoms with Crippen molar-refractivity contribution in [1.29, 1.82) is 0 Å². The maximum absolute atomic E-state index is 11.8. The highest BCUT2D eigenvalue weighted by Crippen LogP contribution is 2.23. The highest BCUT2D eigenvalue weighted by atomic mass is 16.5. The maximum Gasteiger partial charge on any atom is 0.239 e. The lowest BCUT2D eigenvalue weighted by Crippen LogP contribution is -2.42. The predicted molar refractivity (Wildman–Crippen MR) is 77.3 cm³/mol. The molecule has 1 saturated carbocycles. The summed E-state index contributed by atoms with van der Waals surface area (Å²) in [7, 11) is 1.65. The quantitative estimate of drug-likeness (QED) is 0.522. The SMILES string of the molecule is COCCNCCNC(=O)CNC(=O)C1CCCCC1. The Morgan fingerprint density at radius 3 is 2.50 bits per heavy atom. The Kier molecular flexibility index (Phi) is 8.98. The molecule has 1 aliphatic rings. The van der Waals surface area contributed by atoms with E-state index in [2.05, 4.69) is 16.0 Å². The average molecular weight is 285 g/mol. The van der Waals surface area contributed by atoms with Gasteiger partial charge in [-0.1, -0.05) is 19.3 Å². The van der Waals surface area contributed by atoms with Gasteiger partial charge in [0.1, 0.15) is 0 Å². The lowest BCUT2D eigenvalue weighted by Gasteiger charge is -2.20. The largest absolute Gasteiger partial charge is 0.383 e. The van der Waals surface area contributed by atoms with Gasteiger partial charge in [-0.15, -0.1) is 0 Å². The van der Waals surface area contributed by atoms with Gasteiger partial charge in [0.25, 0.3) is 0 Å². The normalized spacial score (nSPS) is 15.8. The molecule has 6 heteroatoms. The van der Waals surface area contributed by atoms with Gasteiger partial charge in [0.15, 0.2) is 0 Å². The molecule has 0 saturated heterocycles. The lowest BCUT2D eigenvalue weighted by atomic mass is 9.89. The number of hydrogen-bond donors (Lipinski definition) is 3. The Labute approximate surface area is 121 Å². The Bertz CT molecular complexity index is 291. The van der Waals surface area contributed by atoms with E-state index in [1.165, 1.54) is 6.42 Å². The first-order chi connectivity index (χ1) is 9.74. The second-order valence-corrected chi connectivity index (χ2v) is 5.15. The molecule has 1 fully saturated rings. The zero-order chi connectivity index (χ0) is 14.6. The summed E-state index contributed by atoms with van der Waals surface area (Å²) in [6, 6.07) is 0. The molecule has 116 valence electrons. The van der Waals surface area contributed by atoms with Crippen molar-refractivity contribution in [2.24, 2.45) is 5.92 Å². The fraction of sp³-hybridized carbons (Fsp3) is 0.857. The van der Waals surface area contributed by atoms with E-state index in [1.807, 2.05) is 0 Å². The molecule has 0 unspecified atom stereocenters. The van der Waals surface area contributed by atoms with Crippen LogP contribution in [0.4, 0.5) is 0 Å². The smallest absolute Gasteiger partial charge is 0.239 e. The molecular weight excluding hydrogens is 258 g/mol.